The normalized spacial score (nSPS) is 11.4. The predicted octanol–water partition coefficient (Wildman–Crippen LogP) is 19.4. The first-order valence-electron chi connectivity index (χ1n) is 29.3. The van der Waals surface area contributed by atoms with E-state index in [1.807, 2.05) is 72.8 Å². The van der Waals surface area contributed by atoms with Gasteiger partial charge in [-0.05, 0) is 163 Å². The molecule has 0 atom stereocenters. The first-order valence-corrected chi connectivity index (χ1v) is 29.3. The average molecular weight is 1040 g/mol. The van der Waals surface area contributed by atoms with Crippen LogP contribution in [0.5, 0.6) is 23.0 Å². The maximum atomic E-state index is 12.9. The summed E-state index contributed by atoms with van der Waals surface area (Å²) in [4.78, 5) is 35.0. The second kappa shape index (κ2) is 36.3. The standard InChI is InChI=1S/C69H86N2O6/c1-3-5-7-9-11-13-15-17-19-21-23-25-51-74-64-47-35-60(36-48-64)68(72)76-66-43-31-58(32-44-66)54-70-62-39-27-56(28-40-62)53-57-29-41-63(42-30-57)71-55-59-33-45-67(46-34-59)77-69(73)61-37-49-65(50-38-61)75-52-26-24-22-20-18-16-14-12-10-8-6-4-2/h27-50,54-55H,3-26,51-53H2,1-2H3. The van der Waals surface area contributed by atoms with E-state index in [2.05, 4.69) is 48.1 Å². The number of rotatable bonds is 38. The van der Waals surface area contributed by atoms with E-state index in [9.17, 15) is 9.59 Å². The Kier molecular flexibility index (Phi) is 28.0. The monoisotopic (exact) mass is 1040 g/mol. The summed E-state index contributed by atoms with van der Waals surface area (Å²) in [5.74, 6) is 1.66. The van der Waals surface area contributed by atoms with Crippen LogP contribution in [0.1, 0.15) is 211 Å². The summed E-state index contributed by atoms with van der Waals surface area (Å²) in [5.41, 5.74) is 6.78. The van der Waals surface area contributed by atoms with Crippen LogP contribution in [0.2, 0.25) is 0 Å². The zero-order valence-electron chi connectivity index (χ0n) is 46.4. The third kappa shape index (κ3) is 24.4. The highest BCUT2D eigenvalue weighted by atomic mass is 16.5. The predicted molar refractivity (Wildman–Crippen MR) is 319 cm³/mol. The van der Waals surface area contributed by atoms with Gasteiger partial charge in [-0.1, -0.05) is 179 Å². The Morgan fingerprint density at radius 3 is 0.935 bits per heavy atom. The van der Waals surface area contributed by atoms with Gasteiger partial charge in [0, 0.05) is 12.4 Å². The molecule has 0 spiro atoms. The molecule has 6 rings (SSSR count). The zero-order chi connectivity index (χ0) is 53.8. The molecular weight excluding hydrogens is 953 g/mol. The van der Waals surface area contributed by atoms with Gasteiger partial charge in [-0.2, -0.15) is 0 Å². The van der Waals surface area contributed by atoms with Crippen LogP contribution in [0.4, 0.5) is 11.4 Å². The Hall–Kier alpha value is -6.80. The zero-order valence-corrected chi connectivity index (χ0v) is 46.4. The molecule has 8 heteroatoms. The van der Waals surface area contributed by atoms with Crippen molar-refractivity contribution in [3.05, 3.63) is 179 Å². The van der Waals surface area contributed by atoms with Gasteiger partial charge in [0.1, 0.15) is 23.0 Å². The summed E-state index contributed by atoms with van der Waals surface area (Å²) >= 11 is 0. The second-order valence-electron chi connectivity index (χ2n) is 20.5. The number of hydrogen-bond acceptors (Lipinski definition) is 8. The van der Waals surface area contributed by atoms with Crippen LogP contribution in [0, 0.1) is 0 Å². The molecule has 0 heterocycles. The van der Waals surface area contributed by atoms with Gasteiger partial charge in [0.2, 0.25) is 0 Å². The van der Waals surface area contributed by atoms with E-state index in [1.165, 1.54) is 152 Å². The van der Waals surface area contributed by atoms with Gasteiger partial charge in [-0.25, -0.2) is 9.59 Å². The van der Waals surface area contributed by atoms with E-state index in [0.29, 0.717) is 35.8 Å². The van der Waals surface area contributed by atoms with Crippen LogP contribution in [0.25, 0.3) is 0 Å². The fourth-order valence-electron chi connectivity index (χ4n) is 9.15. The Labute approximate surface area is 461 Å². The molecule has 0 aliphatic rings. The number of carbonyl (C=O) groups is 2. The molecule has 0 unspecified atom stereocenters. The summed E-state index contributed by atoms with van der Waals surface area (Å²) in [5, 5.41) is 0. The number of unbranched alkanes of at least 4 members (excludes halogenated alkanes) is 22. The second-order valence-corrected chi connectivity index (χ2v) is 20.5. The van der Waals surface area contributed by atoms with Crippen LogP contribution < -0.4 is 18.9 Å². The maximum Gasteiger partial charge on any atom is 0.343 e. The van der Waals surface area contributed by atoms with Crippen LogP contribution in [0.15, 0.2) is 156 Å². The number of ether oxygens (including phenoxy) is 4. The molecule has 0 bridgehead atoms. The van der Waals surface area contributed by atoms with E-state index in [4.69, 9.17) is 18.9 Å². The molecule has 0 radical (unpaired) electrons. The molecule has 0 fully saturated rings. The van der Waals surface area contributed by atoms with Crippen molar-refractivity contribution in [3.63, 3.8) is 0 Å². The molecule has 6 aromatic rings. The van der Waals surface area contributed by atoms with Gasteiger partial charge < -0.3 is 18.9 Å². The molecule has 0 saturated heterocycles. The average Bonchev–Trinajstić information content (AvgIpc) is 3.46. The summed E-state index contributed by atoms with van der Waals surface area (Å²) in [6, 6.07) is 45.4. The Balaban J connectivity index is 0.819. The lowest BCUT2D eigenvalue weighted by atomic mass is 10.0. The number of esters is 2. The first-order chi connectivity index (χ1) is 37.9. The number of benzene rings is 6. The molecule has 408 valence electrons. The summed E-state index contributed by atoms with van der Waals surface area (Å²) < 4.78 is 23.1. The van der Waals surface area contributed by atoms with E-state index in [1.54, 1.807) is 61.0 Å². The van der Waals surface area contributed by atoms with E-state index >= 15 is 0 Å². The van der Waals surface area contributed by atoms with Crippen molar-refractivity contribution in [2.75, 3.05) is 13.2 Å². The lowest BCUT2D eigenvalue weighted by Gasteiger charge is -2.08. The van der Waals surface area contributed by atoms with E-state index in [-0.39, 0.29) is 0 Å². The van der Waals surface area contributed by atoms with E-state index < -0.39 is 11.9 Å². The van der Waals surface area contributed by atoms with Crippen LogP contribution in [-0.4, -0.2) is 37.6 Å². The van der Waals surface area contributed by atoms with Gasteiger partial charge in [-0.15, -0.1) is 0 Å². The lowest BCUT2D eigenvalue weighted by molar-refractivity contribution is 0.0725. The highest BCUT2D eigenvalue weighted by Gasteiger charge is 2.11. The number of carbonyl (C=O) groups excluding carboxylic acids is 2. The van der Waals surface area contributed by atoms with Gasteiger partial charge in [0.25, 0.3) is 0 Å². The summed E-state index contributed by atoms with van der Waals surface area (Å²) in [6.45, 7) is 5.91. The molecule has 0 aliphatic carbocycles. The molecule has 6 aromatic carbocycles. The first kappa shape index (κ1) is 59.4. The van der Waals surface area contributed by atoms with Gasteiger partial charge >= 0.3 is 11.9 Å². The number of aliphatic imine (C=N–C) groups is 2. The molecule has 0 aliphatic heterocycles. The Bertz CT molecular complexity index is 2400. The third-order valence-electron chi connectivity index (χ3n) is 13.9. The summed E-state index contributed by atoms with van der Waals surface area (Å²) in [7, 11) is 0. The maximum absolute atomic E-state index is 12.9. The van der Waals surface area contributed by atoms with Crippen molar-refractivity contribution in [3.8, 4) is 23.0 Å². The molecule has 0 amide bonds. The molecule has 0 N–H and O–H groups in total. The van der Waals surface area contributed by atoms with Crippen molar-refractivity contribution in [2.45, 2.75) is 174 Å². The molecule has 0 saturated carbocycles. The van der Waals surface area contributed by atoms with E-state index in [0.717, 1.165) is 53.3 Å². The number of nitrogens with zero attached hydrogens (tertiary/aromatic N) is 2. The van der Waals surface area contributed by atoms with Crippen molar-refractivity contribution in [1.29, 1.82) is 0 Å². The topological polar surface area (TPSA) is 95.8 Å². The Morgan fingerprint density at radius 2 is 0.623 bits per heavy atom. The quantitative estimate of drug-likeness (QED) is 0.0166. The molecule has 0 aromatic heterocycles. The molecule has 8 nitrogen and oxygen atoms in total. The molecule has 77 heavy (non-hydrogen) atoms. The van der Waals surface area contributed by atoms with Gasteiger partial charge in [-0.3, -0.25) is 9.98 Å². The van der Waals surface area contributed by atoms with Gasteiger partial charge in [0.05, 0.1) is 35.7 Å². The lowest BCUT2D eigenvalue weighted by Crippen LogP contribution is -2.08. The van der Waals surface area contributed by atoms with Crippen LogP contribution in [0.3, 0.4) is 0 Å². The minimum absolute atomic E-state index is 0.410. The van der Waals surface area contributed by atoms with Crippen molar-refractivity contribution < 1.29 is 28.5 Å². The van der Waals surface area contributed by atoms with Crippen molar-refractivity contribution in [2.24, 2.45) is 9.98 Å². The SMILES string of the molecule is CCCCCCCCCCCCCCOc1ccc(C(=O)Oc2ccc(C=Nc3ccc(Cc4ccc(N=Cc5ccc(OC(=O)c6ccc(OCCCCCCCCCCCCCC)cc6)cc5)cc4)cc3)cc2)cc1. The van der Waals surface area contributed by atoms with Gasteiger partial charge in [0.15, 0.2) is 0 Å². The van der Waals surface area contributed by atoms with Crippen LogP contribution >= 0.6 is 0 Å². The fourth-order valence-corrected chi connectivity index (χ4v) is 9.15. The minimum atomic E-state index is -0.410. The fraction of sp³-hybridized carbons (Fsp3) is 0.420. The minimum Gasteiger partial charge on any atom is -0.494 e. The number of hydrogen-bond donors (Lipinski definition) is 0. The van der Waals surface area contributed by atoms with Crippen molar-refractivity contribution in [1.82, 2.24) is 0 Å². The third-order valence-corrected chi connectivity index (χ3v) is 13.9. The summed E-state index contributed by atoms with van der Waals surface area (Å²) in [6.07, 6.45) is 35.9. The van der Waals surface area contributed by atoms with Crippen molar-refractivity contribution >= 4 is 35.7 Å². The highest BCUT2D eigenvalue weighted by molar-refractivity contribution is 5.92. The van der Waals surface area contributed by atoms with Crippen LogP contribution in [-0.2, 0) is 6.42 Å². The Morgan fingerprint density at radius 1 is 0.338 bits per heavy atom. The highest BCUT2D eigenvalue weighted by Crippen LogP contribution is 2.23. The molecular formula is C69H86N2O6. The smallest absolute Gasteiger partial charge is 0.343 e. The largest absolute Gasteiger partial charge is 0.494 e.